The highest BCUT2D eigenvalue weighted by Crippen LogP contribution is 2.39. The second-order valence-corrected chi connectivity index (χ2v) is 6.96. The first-order chi connectivity index (χ1) is 11.2. The molecule has 2 aromatic rings. The number of carbonyl (C=O) groups is 1. The summed E-state index contributed by atoms with van der Waals surface area (Å²) in [6.45, 7) is 6.23. The number of alkyl halides is 2. The summed E-state index contributed by atoms with van der Waals surface area (Å²) < 4.78 is 28.0. The summed E-state index contributed by atoms with van der Waals surface area (Å²) in [5.41, 5.74) is 2.28. The second-order valence-electron chi connectivity index (χ2n) is 6.96. The van der Waals surface area contributed by atoms with Crippen LogP contribution in [0.3, 0.4) is 0 Å². The Morgan fingerprint density at radius 2 is 1.50 bits per heavy atom. The number of benzene rings is 2. The van der Waals surface area contributed by atoms with Gasteiger partial charge >= 0.3 is 11.8 Å². The monoisotopic (exact) mass is 327 g/mol. The maximum absolute atomic E-state index is 14.0. The van der Waals surface area contributed by atoms with E-state index in [-0.39, 0.29) is 11.1 Å². The quantitative estimate of drug-likeness (QED) is 0.759. The first kappa shape index (κ1) is 16.4. The number of rotatable bonds is 2. The predicted molar refractivity (Wildman–Crippen MR) is 92.0 cm³/mol. The molecule has 0 saturated carbocycles. The molecule has 0 atom stereocenters. The highest BCUT2D eigenvalue weighted by atomic mass is 19.3. The highest BCUT2D eigenvalue weighted by molar-refractivity contribution is 6.15. The zero-order chi connectivity index (χ0) is 17.5. The molecule has 1 aliphatic heterocycles. The summed E-state index contributed by atoms with van der Waals surface area (Å²) >= 11 is 0. The van der Waals surface area contributed by atoms with Crippen LogP contribution < -0.4 is 4.90 Å². The number of halogens is 2. The van der Waals surface area contributed by atoms with E-state index in [0.717, 1.165) is 16.5 Å². The van der Waals surface area contributed by atoms with Gasteiger partial charge in [-0.25, -0.2) is 0 Å². The van der Waals surface area contributed by atoms with Crippen LogP contribution in [0.5, 0.6) is 0 Å². The van der Waals surface area contributed by atoms with Crippen molar-refractivity contribution in [3.05, 3.63) is 71.8 Å². The fourth-order valence-corrected chi connectivity index (χ4v) is 2.74. The minimum Gasteiger partial charge on any atom is -0.275 e. The molecule has 1 heterocycles. The van der Waals surface area contributed by atoms with Crippen molar-refractivity contribution in [1.29, 1.82) is 0 Å². The second kappa shape index (κ2) is 5.55. The topological polar surface area (TPSA) is 20.3 Å². The van der Waals surface area contributed by atoms with Gasteiger partial charge in [0.05, 0.1) is 5.70 Å². The molecular weight excluding hydrogens is 308 g/mol. The SMILES string of the molecule is CC(C)(C)c1ccc(N2C(=O)C(F)(F)C=C2c2ccccc2)cc1. The lowest BCUT2D eigenvalue weighted by atomic mass is 9.87. The van der Waals surface area contributed by atoms with Crippen LogP contribution in [0.25, 0.3) is 5.70 Å². The normalized spacial score (nSPS) is 17.1. The van der Waals surface area contributed by atoms with Crippen molar-refractivity contribution in [2.24, 2.45) is 0 Å². The molecule has 4 heteroatoms. The molecule has 0 bridgehead atoms. The Hall–Kier alpha value is -2.49. The van der Waals surface area contributed by atoms with Gasteiger partial charge in [0.25, 0.3) is 0 Å². The van der Waals surface area contributed by atoms with E-state index in [9.17, 15) is 13.6 Å². The number of nitrogens with zero attached hydrogens (tertiary/aromatic N) is 1. The van der Waals surface area contributed by atoms with Gasteiger partial charge in [0.2, 0.25) is 0 Å². The minimum absolute atomic E-state index is 0.0460. The van der Waals surface area contributed by atoms with E-state index >= 15 is 0 Å². The van der Waals surface area contributed by atoms with Gasteiger partial charge < -0.3 is 0 Å². The average molecular weight is 327 g/mol. The lowest BCUT2D eigenvalue weighted by molar-refractivity contribution is -0.134. The Morgan fingerprint density at radius 1 is 0.917 bits per heavy atom. The highest BCUT2D eigenvalue weighted by Gasteiger charge is 2.48. The zero-order valence-electron chi connectivity index (χ0n) is 13.9. The van der Waals surface area contributed by atoms with E-state index in [1.165, 1.54) is 0 Å². The van der Waals surface area contributed by atoms with Gasteiger partial charge in [-0.2, -0.15) is 8.78 Å². The fraction of sp³-hybridized carbons (Fsp3) is 0.250. The molecule has 0 unspecified atom stereocenters. The number of amides is 1. The van der Waals surface area contributed by atoms with Crippen LogP contribution in [-0.2, 0) is 10.2 Å². The van der Waals surface area contributed by atoms with Crippen molar-refractivity contribution in [2.75, 3.05) is 4.90 Å². The van der Waals surface area contributed by atoms with Crippen molar-refractivity contribution in [3.8, 4) is 0 Å². The van der Waals surface area contributed by atoms with Crippen LogP contribution in [0.15, 0.2) is 60.7 Å². The predicted octanol–water partition coefficient (Wildman–Crippen LogP) is 5.01. The number of anilines is 1. The zero-order valence-corrected chi connectivity index (χ0v) is 13.9. The van der Waals surface area contributed by atoms with E-state index in [4.69, 9.17) is 0 Å². The van der Waals surface area contributed by atoms with Gasteiger partial charge in [0.15, 0.2) is 0 Å². The molecule has 2 aromatic carbocycles. The van der Waals surface area contributed by atoms with Gasteiger partial charge in [-0.1, -0.05) is 63.2 Å². The Balaban J connectivity index is 2.05. The summed E-state index contributed by atoms with van der Waals surface area (Å²) in [6.07, 6.45) is 0.738. The van der Waals surface area contributed by atoms with Crippen molar-refractivity contribution in [2.45, 2.75) is 32.1 Å². The Labute approximate surface area is 140 Å². The molecule has 3 rings (SSSR count). The Morgan fingerprint density at radius 3 is 2.04 bits per heavy atom. The van der Waals surface area contributed by atoms with Crippen LogP contribution in [-0.4, -0.2) is 11.8 Å². The Bertz CT molecular complexity index is 787. The van der Waals surface area contributed by atoms with E-state index in [1.54, 1.807) is 42.5 Å². The van der Waals surface area contributed by atoms with Crippen molar-refractivity contribution in [1.82, 2.24) is 0 Å². The van der Waals surface area contributed by atoms with Crippen molar-refractivity contribution >= 4 is 17.3 Å². The third-order valence-corrected chi connectivity index (χ3v) is 4.11. The molecule has 2 nitrogen and oxygen atoms in total. The standard InChI is InChI=1S/C20H19F2NO/c1-19(2,3)15-9-11-16(12-10-15)23-17(13-20(21,22)18(23)24)14-7-5-4-6-8-14/h4-13H,1-3H3. The molecule has 24 heavy (non-hydrogen) atoms. The summed E-state index contributed by atoms with van der Waals surface area (Å²) in [5, 5.41) is 0. The Kier molecular flexibility index (Phi) is 3.78. The molecule has 0 saturated heterocycles. The van der Waals surface area contributed by atoms with E-state index < -0.39 is 11.8 Å². The summed E-state index contributed by atoms with van der Waals surface area (Å²) in [6, 6.07) is 16.0. The van der Waals surface area contributed by atoms with Gasteiger partial charge in [0.1, 0.15) is 0 Å². The van der Waals surface area contributed by atoms with E-state index in [2.05, 4.69) is 20.8 Å². The molecular formula is C20H19F2NO. The molecule has 0 aliphatic carbocycles. The molecule has 1 aliphatic rings. The first-order valence-corrected chi connectivity index (χ1v) is 7.81. The molecule has 0 N–H and O–H groups in total. The van der Waals surface area contributed by atoms with E-state index in [1.807, 2.05) is 12.1 Å². The minimum atomic E-state index is -3.49. The van der Waals surface area contributed by atoms with Crippen LogP contribution in [0, 0.1) is 0 Å². The number of carbonyl (C=O) groups excluding carboxylic acids is 1. The first-order valence-electron chi connectivity index (χ1n) is 7.81. The number of hydrogen-bond donors (Lipinski definition) is 0. The third-order valence-electron chi connectivity index (χ3n) is 4.11. The van der Waals surface area contributed by atoms with Crippen LogP contribution in [0.1, 0.15) is 31.9 Å². The van der Waals surface area contributed by atoms with Crippen molar-refractivity contribution < 1.29 is 13.6 Å². The number of hydrogen-bond acceptors (Lipinski definition) is 1. The summed E-state index contributed by atoms with van der Waals surface area (Å²) in [5.74, 6) is -4.71. The molecule has 0 radical (unpaired) electrons. The maximum Gasteiger partial charge on any atom is 0.346 e. The molecule has 0 spiro atoms. The molecule has 124 valence electrons. The molecule has 0 aromatic heterocycles. The van der Waals surface area contributed by atoms with Gasteiger partial charge in [-0.3, -0.25) is 9.69 Å². The van der Waals surface area contributed by atoms with Crippen LogP contribution in [0.4, 0.5) is 14.5 Å². The summed E-state index contributed by atoms with van der Waals surface area (Å²) in [4.78, 5) is 13.3. The smallest absolute Gasteiger partial charge is 0.275 e. The molecule has 1 amide bonds. The van der Waals surface area contributed by atoms with Gasteiger partial charge in [-0.15, -0.1) is 0 Å². The van der Waals surface area contributed by atoms with E-state index in [0.29, 0.717) is 11.3 Å². The van der Waals surface area contributed by atoms with Crippen LogP contribution in [0.2, 0.25) is 0 Å². The van der Waals surface area contributed by atoms with Gasteiger partial charge in [0, 0.05) is 11.8 Å². The fourth-order valence-electron chi connectivity index (χ4n) is 2.74. The van der Waals surface area contributed by atoms with Crippen molar-refractivity contribution in [3.63, 3.8) is 0 Å². The largest absolute Gasteiger partial charge is 0.346 e. The maximum atomic E-state index is 14.0. The van der Waals surface area contributed by atoms with Gasteiger partial charge in [-0.05, 0) is 28.7 Å². The summed E-state index contributed by atoms with van der Waals surface area (Å²) in [7, 11) is 0. The lowest BCUT2D eigenvalue weighted by Crippen LogP contribution is -2.34. The lowest BCUT2D eigenvalue weighted by Gasteiger charge is -2.24. The third kappa shape index (κ3) is 2.84. The average Bonchev–Trinajstić information content (AvgIpc) is 2.78. The molecule has 0 fully saturated rings. The van der Waals surface area contributed by atoms with Crippen LogP contribution >= 0.6 is 0 Å².